The van der Waals surface area contributed by atoms with Crippen LogP contribution < -0.4 is 10.1 Å². The molecular formula is C22H20ClN5O. The predicted octanol–water partition coefficient (Wildman–Crippen LogP) is 5.08. The average Bonchev–Trinajstić information content (AvgIpc) is 3.18. The van der Waals surface area contributed by atoms with Gasteiger partial charge in [0.05, 0.1) is 17.8 Å². The van der Waals surface area contributed by atoms with E-state index >= 15 is 0 Å². The fourth-order valence-corrected chi connectivity index (χ4v) is 4.02. The highest BCUT2D eigenvalue weighted by atomic mass is 35.5. The normalized spacial score (nSPS) is 13.3. The van der Waals surface area contributed by atoms with E-state index in [0.29, 0.717) is 22.4 Å². The number of benzene rings is 2. The lowest BCUT2D eigenvalue weighted by atomic mass is 9.96. The number of anilines is 2. The number of nitrogens with zero attached hydrogens (tertiary/aromatic N) is 4. The third-order valence-corrected chi connectivity index (χ3v) is 5.50. The van der Waals surface area contributed by atoms with Gasteiger partial charge in [-0.05, 0) is 43.9 Å². The summed E-state index contributed by atoms with van der Waals surface area (Å²) >= 11 is 6.33. The zero-order chi connectivity index (χ0) is 19.8. The van der Waals surface area contributed by atoms with Crippen LogP contribution >= 0.6 is 11.6 Å². The number of ether oxygens (including phenoxy) is 1. The molecule has 2 heterocycles. The summed E-state index contributed by atoms with van der Waals surface area (Å²) in [6.07, 6.45) is 4.20. The van der Waals surface area contributed by atoms with Gasteiger partial charge in [-0.3, -0.25) is 0 Å². The molecule has 5 rings (SSSR count). The predicted molar refractivity (Wildman–Crippen MR) is 114 cm³/mol. The second-order valence-electron chi connectivity index (χ2n) is 7.08. The van der Waals surface area contributed by atoms with Gasteiger partial charge in [0.25, 0.3) is 5.78 Å². The Hall–Kier alpha value is -3.12. The lowest BCUT2D eigenvalue weighted by Gasteiger charge is -2.20. The van der Waals surface area contributed by atoms with Crippen molar-refractivity contribution in [1.29, 1.82) is 0 Å². The van der Waals surface area contributed by atoms with Crippen LogP contribution in [-0.2, 0) is 12.8 Å². The van der Waals surface area contributed by atoms with Crippen LogP contribution in [0.4, 0.5) is 11.5 Å². The van der Waals surface area contributed by atoms with Crippen LogP contribution in [0.5, 0.6) is 5.75 Å². The summed E-state index contributed by atoms with van der Waals surface area (Å²) in [4.78, 5) is 9.51. The zero-order valence-corrected chi connectivity index (χ0v) is 16.8. The molecule has 0 bridgehead atoms. The van der Waals surface area contributed by atoms with Gasteiger partial charge in [-0.1, -0.05) is 41.9 Å². The molecule has 146 valence electrons. The van der Waals surface area contributed by atoms with Crippen molar-refractivity contribution in [1.82, 2.24) is 19.6 Å². The molecule has 7 heteroatoms. The minimum absolute atomic E-state index is 0.556. The summed E-state index contributed by atoms with van der Waals surface area (Å²) in [7, 11) is 1.61. The molecule has 2 aromatic heterocycles. The summed E-state index contributed by atoms with van der Waals surface area (Å²) in [5.41, 5.74) is 4.13. The lowest BCUT2D eigenvalue weighted by molar-refractivity contribution is 0.415. The topological polar surface area (TPSA) is 64.3 Å². The van der Waals surface area contributed by atoms with Crippen molar-refractivity contribution in [2.75, 3.05) is 12.4 Å². The Morgan fingerprint density at radius 2 is 1.86 bits per heavy atom. The van der Waals surface area contributed by atoms with Crippen molar-refractivity contribution < 1.29 is 4.74 Å². The largest absolute Gasteiger partial charge is 0.495 e. The summed E-state index contributed by atoms with van der Waals surface area (Å²) in [6.45, 7) is 0. The van der Waals surface area contributed by atoms with Crippen LogP contribution in [0.2, 0.25) is 5.02 Å². The summed E-state index contributed by atoms with van der Waals surface area (Å²) < 4.78 is 7.08. The number of aromatic nitrogens is 4. The molecule has 0 saturated heterocycles. The Kier molecular flexibility index (Phi) is 4.56. The highest BCUT2D eigenvalue weighted by Crippen LogP contribution is 2.33. The van der Waals surface area contributed by atoms with E-state index in [0.717, 1.165) is 48.4 Å². The minimum Gasteiger partial charge on any atom is -0.495 e. The van der Waals surface area contributed by atoms with Crippen molar-refractivity contribution >= 4 is 28.9 Å². The maximum atomic E-state index is 6.33. The molecule has 1 N–H and O–H groups in total. The van der Waals surface area contributed by atoms with E-state index in [9.17, 15) is 0 Å². The maximum Gasteiger partial charge on any atom is 0.254 e. The third kappa shape index (κ3) is 3.29. The molecule has 4 aromatic rings. The fraction of sp³-hybridized carbons (Fsp3) is 0.227. The number of methoxy groups -OCH3 is 1. The number of aryl methyl sites for hydroxylation is 1. The van der Waals surface area contributed by atoms with Gasteiger partial charge >= 0.3 is 0 Å². The van der Waals surface area contributed by atoms with Crippen LogP contribution in [0.25, 0.3) is 17.2 Å². The fourth-order valence-electron chi connectivity index (χ4n) is 3.76. The van der Waals surface area contributed by atoms with E-state index in [2.05, 4.69) is 5.32 Å². The van der Waals surface area contributed by atoms with Gasteiger partial charge < -0.3 is 10.1 Å². The van der Waals surface area contributed by atoms with E-state index < -0.39 is 0 Å². The van der Waals surface area contributed by atoms with E-state index in [1.165, 1.54) is 5.56 Å². The molecule has 1 aliphatic rings. The van der Waals surface area contributed by atoms with Crippen molar-refractivity contribution in [2.45, 2.75) is 25.7 Å². The Bertz CT molecular complexity index is 1190. The van der Waals surface area contributed by atoms with Crippen LogP contribution in [-0.4, -0.2) is 26.7 Å². The van der Waals surface area contributed by atoms with Gasteiger partial charge in [-0.15, -0.1) is 5.10 Å². The second kappa shape index (κ2) is 7.37. The quantitative estimate of drug-likeness (QED) is 0.513. The van der Waals surface area contributed by atoms with Gasteiger partial charge in [0, 0.05) is 16.8 Å². The summed E-state index contributed by atoms with van der Waals surface area (Å²) in [5, 5.41) is 8.83. The molecule has 0 saturated carbocycles. The van der Waals surface area contributed by atoms with Crippen molar-refractivity contribution in [3.8, 4) is 17.1 Å². The smallest absolute Gasteiger partial charge is 0.254 e. The van der Waals surface area contributed by atoms with Gasteiger partial charge in [0.2, 0.25) is 0 Å². The van der Waals surface area contributed by atoms with Gasteiger partial charge in [0.15, 0.2) is 5.82 Å². The van der Waals surface area contributed by atoms with Crippen LogP contribution in [0.3, 0.4) is 0 Å². The molecular weight excluding hydrogens is 386 g/mol. The first-order valence-corrected chi connectivity index (χ1v) is 10.1. The van der Waals surface area contributed by atoms with Crippen molar-refractivity contribution in [3.05, 3.63) is 64.8 Å². The van der Waals surface area contributed by atoms with E-state index in [1.807, 2.05) is 53.0 Å². The van der Waals surface area contributed by atoms with Crippen LogP contribution in [0.15, 0.2) is 48.5 Å². The van der Waals surface area contributed by atoms with Crippen LogP contribution in [0.1, 0.15) is 24.1 Å². The summed E-state index contributed by atoms with van der Waals surface area (Å²) in [6, 6.07) is 15.6. The van der Waals surface area contributed by atoms with Crippen molar-refractivity contribution in [3.63, 3.8) is 0 Å². The molecule has 29 heavy (non-hydrogen) atoms. The maximum absolute atomic E-state index is 6.33. The number of halogens is 1. The SMILES string of the molecule is COc1ccc(Nc2c3c(nc4nc(-c5ccccc5)nn24)CCCC3)cc1Cl. The molecule has 0 atom stereocenters. The van der Waals surface area contributed by atoms with E-state index in [1.54, 1.807) is 7.11 Å². The first-order valence-electron chi connectivity index (χ1n) is 9.67. The first kappa shape index (κ1) is 17.9. The van der Waals surface area contributed by atoms with Gasteiger partial charge in [0.1, 0.15) is 11.6 Å². The zero-order valence-electron chi connectivity index (χ0n) is 16.0. The minimum atomic E-state index is 0.556. The summed E-state index contributed by atoms with van der Waals surface area (Å²) in [5.74, 6) is 2.81. The number of fused-ring (bicyclic) bond motifs is 2. The molecule has 0 fully saturated rings. The average molecular weight is 406 g/mol. The Morgan fingerprint density at radius 3 is 2.66 bits per heavy atom. The monoisotopic (exact) mass is 405 g/mol. The highest BCUT2D eigenvalue weighted by Gasteiger charge is 2.21. The highest BCUT2D eigenvalue weighted by molar-refractivity contribution is 6.32. The van der Waals surface area contributed by atoms with E-state index in [-0.39, 0.29) is 0 Å². The number of nitrogens with one attached hydrogen (secondary N) is 1. The standard InChI is InChI=1S/C22H20ClN5O/c1-29-19-12-11-15(13-17(19)23)24-21-16-9-5-6-10-18(16)25-22-26-20(27-28(21)22)14-7-3-2-4-8-14/h2-4,7-8,11-13,24H,5-6,9-10H2,1H3. The Morgan fingerprint density at radius 1 is 1.03 bits per heavy atom. The molecule has 6 nitrogen and oxygen atoms in total. The van der Waals surface area contributed by atoms with Gasteiger partial charge in [-0.2, -0.15) is 9.50 Å². The number of rotatable bonds is 4. The van der Waals surface area contributed by atoms with Gasteiger partial charge in [-0.25, -0.2) is 4.98 Å². The second-order valence-corrected chi connectivity index (χ2v) is 7.49. The number of hydrogen-bond donors (Lipinski definition) is 1. The molecule has 0 radical (unpaired) electrons. The molecule has 0 amide bonds. The molecule has 0 aliphatic heterocycles. The van der Waals surface area contributed by atoms with Crippen molar-refractivity contribution in [2.24, 2.45) is 0 Å². The lowest BCUT2D eigenvalue weighted by Crippen LogP contribution is -2.13. The molecule has 2 aromatic carbocycles. The Labute approximate surface area is 173 Å². The molecule has 0 unspecified atom stereocenters. The Balaban J connectivity index is 1.65. The number of hydrogen-bond acceptors (Lipinski definition) is 5. The molecule has 0 spiro atoms. The van der Waals surface area contributed by atoms with Crippen LogP contribution in [0, 0.1) is 0 Å². The third-order valence-electron chi connectivity index (χ3n) is 5.21. The first-order chi connectivity index (χ1) is 14.2. The molecule has 1 aliphatic carbocycles. The van der Waals surface area contributed by atoms with E-state index in [4.69, 9.17) is 31.4 Å².